The van der Waals surface area contributed by atoms with Gasteiger partial charge < -0.3 is 10.2 Å². The minimum absolute atomic E-state index is 0.0465. The van der Waals surface area contributed by atoms with Crippen molar-refractivity contribution in [3.63, 3.8) is 0 Å². The Hall–Kier alpha value is -0.610. The first-order valence-electron chi connectivity index (χ1n) is 7.33. The van der Waals surface area contributed by atoms with E-state index in [-0.39, 0.29) is 11.4 Å². The molecule has 0 saturated carbocycles. The van der Waals surface area contributed by atoms with Gasteiger partial charge in [-0.3, -0.25) is 0 Å². The Morgan fingerprint density at radius 3 is 2.75 bits per heavy atom. The number of halogens is 2. The third kappa shape index (κ3) is 3.17. The fourth-order valence-corrected chi connectivity index (χ4v) is 3.15. The monoisotopic (exact) mass is 342 g/mol. The topological polar surface area (TPSA) is 15.3 Å². The Morgan fingerprint density at radius 1 is 1.50 bits per heavy atom. The van der Waals surface area contributed by atoms with Crippen LogP contribution < -0.4 is 10.2 Å². The number of hydrogen-bond acceptors (Lipinski definition) is 2. The first-order valence-corrected chi connectivity index (χ1v) is 8.12. The first kappa shape index (κ1) is 15.8. The molecular weight excluding hydrogens is 319 g/mol. The second kappa shape index (κ2) is 6.02. The normalized spacial score (nSPS) is 27.1. The zero-order valence-electron chi connectivity index (χ0n) is 12.7. The molecule has 0 bridgehead atoms. The number of nitrogens with one attached hydrogen (secondary N) is 1. The Morgan fingerprint density at radius 2 is 2.20 bits per heavy atom. The Bertz CT molecular complexity index is 478. The van der Waals surface area contributed by atoms with Crippen molar-refractivity contribution in [1.82, 2.24) is 5.32 Å². The van der Waals surface area contributed by atoms with Gasteiger partial charge in [-0.15, -0.1) is 0 Å². The predicted molar refractivity (Wildman–Crippen MR) is 86.8 cm³/mol. The van der Waals surface area contributed by atoms with Gasteiger partial charge >= 0.3 is 0 Å². The Kier molecular flexibility index (Phi) is 4.75. The molecular formula is C16H24BrFN2. The van der Waals surface area contributed by atoms with Gasteiger partial charge in [0, 0.05) is 29.1 Å². The third-order valence-electron chi connectivity index (χ3n) is 4.43. The summed E-state index contributed by atoms with van der Waals surface area (Å²) < 4.78 is 15.1. The number of benzene rings is 1. The van der Waals surface area contributed by atoms with Gasteiger partial charge in [0.1, 0.15) is 5.82 Å². The molecule has 1 aliphatic heterocycles. The molecule has 1 saturated heterocycles. The van der Waals surface area contributed by atoms with Crippen LogP contribution in [0.2, 0.25) is 0 Å². The highest BCUT2D eigenvalue weighted by atomic mass is 79.9. The van der Waals surface area contributed by atoms with E-state index in [4.69, 9.17) is 0 Å². The maximum Gasteiger partial charge on any atom is 0.147 e. The van der Waals surface area contributed by atoms with Crippen molar-refractivity contribution in [2.75, 3.05) is 18.0 Å². The summed E-state index contributed by atoms with van der Waals surface area (Å²) in [4.78, 5) is 2.24. The van der Waals surface area contributed by atoms with Gasteiger partial charge in [0.25, 0.3) is 0 Å². The summed E-state index contributed by atoms with van der Waals surface area (Å²) in [6.45, 7) is 10.5. The van der Waals surface area contributed by atoms with E-state index in [9.17, 15) is 4.39 Å². The van der Waals surface area contributed by atoms with Crippen molar-refractivity contribution in [1.29, 1.82) is 0 Å². The molecule has 0 aliphatic carbocycles. The highest BCUT2D eigenvalue weighted by molar-refractivity contribution is 9.10. The largest absolute Gasteiger partial charge is 0.363 e. The quantitative estimate of drug-likeness (QED) is 0.885. The minimum Gasteiger partial charge on any atom is -0.363 e. The van der Waals surface area contributed by atoms with E-state index in [1.54, 1.807) is 6.07 Å². The minimum atomic E-state index is -0.148. The molecule has 1 aliphatic rings. The number of piperazine rings is 1. The van der Waals surface area contributed by atoms with Crippen molar-refractivity contribution in [2.24, 2.45) is 5.92 Å². The number of nitrogens with zero attached hydrogens (tertiary/aromatic N) is 1. The van der Waals surface area contributed by atoms with E-state index in [0.717, 1.165) is 24.0 Å². The zero-order chi connectivity index (χ0) is 14.9. The van der Waals surface area contributed by atoms with Crippen LogP contribution in [-0.4, -0.2) is 24.7 Å². The Balaban J connectivity index is 2.36. The van der Waals surface area contributed by atoms with Gasteiger partial charge in [-0.25, -0.2) is 4.39 Å². The fraction of sp³-hybridized carbons (Fsp3) is 0.625. The Labute approximate surface area is 129 Å². The average Bonchev–Trinajstić information content (AvgIpc) is 2.38. The van der Waals surface area contributed by atoms with Crippen LogP contribution in [0, 0.1) is 11.7 Å². The lowest BCUT2D eigenvalue weighted by atomic mass is 9.89. The van der Waals surface area contributed by atoms with Crippen molar-refractivity contribution in [3.05, 3.63) is 28.5 Å². The first-order chi connectivity index (χ1) is 9.36. The van der Waals surface area contributed by atoms with Crippen LogP contribution in [0.15, 0.2) is 22.7 Å². The van der Waals surface area contributed by atoms with Crippen molar-refractivity contribution < 1.29 is 4.39 Å². The lowest BCUT2D eigenvalue weighted by Crippen LogP contribution is -2.64. The second-order valence-electron chi connectivity index (χ2n) is 6.33. The molecule has 1 fully saturated rings. The summed E-state index contributed by atoms with van der Waals surface area (Å²) in [5.41, 5.74) is 0.762. The van der Waals surface area contributed by atoms with Crippen molar-refractivity contribution in [3.8, 4) is 0 Å². The van der Waals surface area contributed by atoms with Crippen LogP contribution >= 0.6 is 15.9 Å². The van der Waals surface area contributed by atoms with Gasteiger partial charge in [0.05, 0.1) is 5.69 Å². The molecule has 1 aromatic carbocycles. The van der Waals surface area contributed by atoms with Crippen molar-refractivity contribution >= 4 is 21.6 Å². The highest BCUT2D eigenvalue weighted by Gasteiger charge is 2.36. The molecule has 2 rings (SSSR count). The lowest BCUT2D eigenvalue weighted by molar-refractivity contribution is 0.251. The third-order valence-corrected chi connectivity index (χ3v) is 4.92. The van der Waals surface area contributed by atoms with Gasteiger partial charge in [-0.2, -0.15) is 0 Å². The molecule has 1 N–H and O–H groups in total. The molecule has 112 valence electrons. The van der Waals surface area contributed by atoms with E-state index >= 15 is 0 Å². The molecule has 1 aromatic rings. The van der Waals surface area contributed by atoms with E-state index in [1.807, 2.05) is 12.1 Å². The van der Waals surface area contributed by atoms with Gasteiger partial charge in [-0.1, -0.05) is 36.7 Å². The smallest absolute Gasteiger partial charge is 0.147 e. The summed E-state index contributed by atoms with van der Waals surface area (Å²) in [7, 11) is 0. The molecule has 20 heavy (non-hydrogen) atoms. The lowest BCUT2D eigenvalue weighted by Gasteiger charge is -2.48. The zero-order valence-corrected chi connectivity index (χ0v) is 14.3. The maximum atomic E-state index is 14.3. The SMILES string of the molecule is CCC1(C)CN(c2ccc(Br)cc2F)C(C(C)C)CN1. The van der Waals surface area contributed by atoms with Gasteiger partial charge in [0.15, 0.2) is 0 Å². The van der Waals surface area contributed by atoms with Crippen LogP contribution in [0.5, 0.6) is 0 Å². The second-order valence-corrected chi connectivity index (χ2v) is 7.25. The molecule has 2 unspecified atom stereocenters. The summed E-state index contributed by atoms with van der Waals surface area (Å²) >= 11 is 3.33. The molecule has 4 heteroatoms. The molecule has 0 spiro atoms. The van der Waals surface area contributed by atoms with Crippen molar-refractivity contribution in [2.45, 2.75) is 45.7 Å². The molecule has 2 nitrogen and oxygen atoms in total. The van der Waals surface area contributed by atoms with E-state index in [1.165, 1.54) is 0 Å². The molecule has 0 radical (unpaired) electrons. The summed E-state index contributed by atoms with van der Waals surface area (Å²) in [5.74, 6) is 0.331. The van der Waals surface area contributed by atoms with E-state index in [0.29, 0.717) is 17.6 Å². The highest BCUT2D eigenvalue weighted by Crippen LogP contribution is 2.31. The molecule has 2 atom stereocenters. The number of hydrogen-bond donors (Lipinski definition) is 1. The molecule has 0 aromatic heterocycles. The maximum absolute atomic E-state index is 14.3. The van der Waals surface area contributed by atoms with Gasteiger partial charge in [0.2, 0.25) is 0 Å². The summed E-state index contributed by atoms with van der Waals surface area (Å²) in [5, 5.41) is 3.63. The fourth-order valence-electron chi connectivity index (χ4n) is 2.82. The molecule has 1 heterocycles. The summed E-state index contributed by atoms with van der Waals surface area (Å²) in [6.07, 6.45) is 1.03. The van der Waals surface area contributed by atoms with Crippen LogP contribution in [0.3, 0.4) is 0 Å². The van der Waals surface area contributed by atoms with Crippen LogP contribution in [0.4, 0.5) is 10.1 Å². The van der Waals surface area contributed by atoms with E-state index < -0.39 is 0 Å². The van der Waals surface area contributed by atoms with Crippen LogP contribution in [0.25, 0.3) is 0 Å². The number of anilines is 1. The number of rotatable bonds is 3. The standard InChI is InChI=1S/C16H24BrFN2/c1-5-16(4)10-20(15(9-19-16)11(2)3)14-7-6-12(17)8-13(14)18/h6-8,11,15,19H,5,9-10H2,1-4H3. The average molecular weight is 343 g/mol. The predicted octanol–water partition coefficient (Wildman–Crippen LogP) is 4.19. The van der Waals surface area contributed by atoms with Gasteiger partial charge in [-0.05, 0) is 37.5 Å². The van der Waals surface area contributed by atoms with Crippen LogP contribution in [-0.2, 0) is 0 Å². The van der Waals surface area contributed by atoms with E-state index in [2.05, 4.69) is 53.8 Å². The summed E-state index contributed by atoms with van der Waals surface area (Å²) in [6, 6.07) is 5.68. The molecule has 0 amide bonds. The van der Waals surface area contributed by atoms with Crippen LogP contribution in [0.1, 0.15) is 34.1 Å².